The minimum atomic E-state index is 0.324. The summed E-state index contributed by atoms with van der Waals surface area (Å²) in [5.74, 6) is 0.324. The molecule has 0 amide bonds. The molecule has 0 aliphatic carbocycles. The Bertz CT molecular complexity index is 440. The lowest BCUT2D eigenvalue weighted by Crippen LogP contribution is -1.85. The Kier molecular flexibility index (Phi) is 1.85. The van der Waals surface area contributed by atoms with Gasteiger partial charge < -0.3 is 5.11 Å². The molecule has 0 aliphatic rings. The first-order valence-electron chi connectivity index (χ1n) is 4.23. The highest BCUT2D eigenvalue weighted by molar-refractivity contribution is 5.80. The topological polar surface area (TPSA) is 46.0 Å². The van der Waals surface area contributed by atoms with E-state index >= 15 is 0 Å². The van der Waals surface area contributed by atoms with Crippen molar-refractivity contribution >= 4 is 10.9 Å². The van der Waals surface area contributed by atoms with Gasteiger partial charge in [0.25, 0.3) is 0 Å². The average molecular weight is 174 g/mol. The number of aromatic hydroxyl groups is 1. The Hall–Kier alpha value is -1.64. The summed E-state index contributed by atoms with van der Waals surface area (Å²) in [6.45, 7) is 2.00. The van der Waals surface area contributed by atoms with Crippen LogP contribution in [0.5, 0.6) is 5.75 Å². The van der Waals surface area contributed by atoms with Gasteiger partial charge in [-0.05, 0) is 24.1 Å². The molecule has 3 nitrogen and oxygen atoms in total. The van der Waals surface area contributed by atoms with E-state index in [1.54, 1.807) is 12.3 Å². The molecule has 2 aromatic rings. The van der Waals surface area contributed by atoms with Crippen LogP contribution in [-0.2, 0) is 6.42 Å². The van der Waals surface area contributed by atoms with Gasteiger partial charge in [0.15, 0.2) is 0 Å². The highest BCUT2D eigenvalue weighted by atomic mass is 16.3. The van der Waals surface area contributed by atoms with E-state index in [2.05, 4.69) is 9.97 Å². The third-order valence-corrected chi connectivity index (χ3v) is 2.09. The van der Waals surface area contributed by atoms with Crippen LogP contribution in [0.25, 0.3) is 10.9 Å². The first-order chi connectivity index (χ1) is 6.31. The summed E-state index contributed by atoms with van der Waals surface area (Å²) in [7, 11) is 0. The van der Waals surface area contributed by atoms with Gasteiger partial charge in [-0.1, -0.05) is 6.92 Å². The third kappa shape index (κ3) is 1.33. The van der Waals surface area contributed by atoms with Crippen LogP contribution in [0.4, 0.5) is 0 Å². The van der Waals surface area contributed by atoms with Crippen LogP contribution in [0.3, 0.4) is 0 Å². The van der Waals surface area contributed by atoms with E-state index in [9.17, 15) is 5.11 Å². The van der Waals surface area contributed by atoms with E-state index in [1.165, 1.54) is 6.33 Å². The molecule has 0 spiro atoms. The molecule has 0 saturated heterocycles. The summed E-state index contributed by atoms with van der Waals surface area (Å²) in [5, 5.41) is 10.4. The van der Waals surface area contributed by atoms with E-state index in [0.717, 1.165) is 22.9 Å². The highest BCUT2D eigenvalue weighted by Crippen LogP contribution is 2.23. The normalized spacial score (nSPS) is 10.5. The van der Waals surface area contributed by atoms with Crippen molar-refractivity contribution in [2.75, 3.05) is 0 Å². The highest BCUT2D eigenvalue weighted by Gasteiger charge is 2.01. The number of rotatable bonds is 1. The van der Waals surface area contributed by atoms with E-state index in [4.69, 9.17) is 0 Å². The number of aromatic nitrogens is 2. The number of nitrogens with zero attached hydrogens (tertiary/aromatic N) is 2. The standard InChI is InChI=1S/C10H10N2O/c1-2-7-3-9-8(4-10(7)13)5-11-6-12-9/h3-6,13H,2H2,1H3. The lowest BCUT2D eigenvalue weighted by atomic mass is 10.1. The van der Waals surface area contributed by atoms with Gasteiger partial charge in [0, 0.05) is 11.6 Å². The SMILES string of the molecule is CCc1cc2ncncc2cc1O. The van der Waals surface area contributed by atoms with E-state index < -0.39 is 0 Å². The second-order valence-corrected chi connectivity index (χ2v) is 2.92. The predicted molar refractivity (Wildman–Crippen MR) is 50.6 cm³/mol. The summed E-state index contributed by atoms with van der Waals surface area (Å²) < 4.78 is 0. The summed E-state index contributed by atoms with van der Waals surface area (Å²) in [6, 6.07) is 3.60. The number of fused-ring (bicyclic) bond motifs is 1. The molecule has 1 aromatic carbocycles. The molecular weight excluding hydrogens is 164 g/mol. The molecule has 0 aliphatic heterocycles. The fourth-order valence-corrected chi connectivity index (χ4v) is 1.34. The quantitative estimate of drug-likeness (QED) is 0.718. The molecule has 3 heteroatoms. The molecule has 1 aromatic heterocycles. The van der Waals surface area contributed by atoms with Gasteiger partial charge in [-0.15, -0.1) is 0 Å². The molecule has 0 saturated carbocycles. The predicted octanol–water partition coefficient (Wildman–Crippen LogP) is 1.90. The average Bonchev–Trinajstić information content (AvgIpc) is 2.17. The zero-order valence-corrected chi connectivity index (χ0v) is 7.36. The second-order valence-electron chi connectivity index (χ2n) is 2.92. The maximum atomic E-state index is 9.55. The van der Waals surface area contributed by atoms with Crippen molar-refractivity contribution in [2.45, 2.75) is 13.3 Å². The van der Waals surface area contributed by atoms with E-state index in [0.29, 0.717) is 5.75 Å². The summed E-state index contributed by atoms with van der Waals surface area (Å²) in [6.07, 6.45) is 4.02. The van der Waals surface area contributed by atoms with Gasteiger partial charge in [0.2, 0.25) is 0 Å². The molecule has 1 heterocycles. The maximum absolute atomic E-state index is 9.55. The van der Waals surface area contributed by atoms with Crippen molar-refractivity contribution in [3.8, 4) is 5.75 Å². The van der Waals surface area contributed by atoms with Crippen LogP contribution in [-0.4, -0.2) is 15.1 Å². The molecule has 13 heavy (non-hydrogen) atoms. The van der Waals surface area contributed by atoms with Crippen molar-refractivity contribution in [1.82, 2.24) is 9.97 Å². The molecule has 0 radical (unpaired) electrons. The van der Waals surface area contributed by atoms with Crippen LogP contribution in [0, 0.1) is 0 Å². The molecule has 0 unspecified atom stereocenters. The fraction of sp³-hybridized carbons (Fsp3) is 0.200. The maximum Gasteiger partial charge on any atom is 0.119 e. The van der Waals surface area contributed by atoms with Crippen molar-refractivity contribution < 1.29 is 5.11 Å². The first kappa shape index (κ1) is 7.98. The Morgan fingerprint density at radius 1 is 1.38 bits per heavy atom. The molecule has 0 fully saturated rings. The van der Waals surface area contributed by atoms with Crippen LogP contribution in [0.2, 0.25) is 0 Å². The van der Waals surface area contributed by atoms with Gasteiger partial charge in [0.05, 0.1) is 5.52 Å². The van der Waals surface area contributed by atoms with Gasteiger partial charge in [-0.3, -0.25) is 0 Å². The first-order valence-corrected chi connectivity index (χ1v) is 4.23. The Morgan fingerprint density at radius 3 is 3.00 bits per heavy atom. The monoisotopic (exact) mass is 174 g/mol. The number of aryl methyl sites for hydroxylation is 1. The Labute approximate surface area is 76.1 Å². The number of phenols is 1. The van der Waals surface area contributed by atoms with Crippen LogP contribution in [0.1, 0.15) is 12.5 Å². The summed E-state index contributed by atoms with van der Waals surface area (Å²) in [5.41, 5.74) is 1.80. The zero-order valence-electron chi connectivity index (χ0n) is 7.36. The number of phenolic OH excluding ortho intramolecular Hbond substituents is 1. The fourth-order valence-electron chi connectivity index (χ4n) is 1.34. The van der Waals surface area contributed by atoms with Crippen LogP contribution in [0.15, 0.2) is 24.7 Å². The Morgan fingerprint density at radius 2 is 2.23 bits per heavy atom. The molecule has 1 N–H and O–H groups in total. The second kappa shape index (κ2) is 3.01. The minimum Gasteiger partial charge on any atom is -0.508 e. The Balaban J connectivity index is 2.74. The number of hydrogen-bond donors (Lipinski definition) is 1. The van der Waals surface area contributed by atoms with Gasteiger partial charge in [-0.25, -0.2) is 9.97 Å². The van der Waals surface area contributed by atoms with Gasteiger partial charge in [-0.2, -0.15) is 0 Å². The molecule has 0 atom stereocenters. The lowest BCUT2D eigenvalue weighted by molar-refractivity contribution is 0.469. The van der Waals surface area contributed by atoms with Crippen molar-refractivity contribution in [1.29, 1.82) is 0 Å². The van der Waals surface area contributed by atoms with E-state index in [1.807, 2.05) is 13.0 Å². The molecule has 0 bridgehead atoms. The van der Waals surface area contributed by atoms with Crippen molar-refractivity contribution in [3.63, 3.8) is 0 Å². The molecule has 66 valence electrons. The number of benzene rings is 1. The van der Waals surface area contributed by atoms with Crippen molar-refractivity contribution in [3.05, 3.63) is 30.2 Å². The summed E-state index contributed by atoms with van der Waals surface area (Å²) in [4.78, 5) is 8.00. The van der Waals surface area contributed by atoms with Crippen molar-refractivity contribution in [2.24, 2.45) is 0 Å². The minimum absolute atomic E-state index is 0.324. The zero-order chi connectivity index (χ0) is 9.26. The van der Waals surface area contributed by atoms with Gasteiger partial charge in [0.1, 0.15) is 12.1 Å². The number of hydrogen-bond acceptors (Lipinski definition) is 3. The largest absolute Gasteiger partial charge is 0.508 e. The lowest BCUT2D eigenvalue weighted by Gasteiger charge is -2.02. The molecule has 2 rings (SSSR count). The van der Waals surface area contributed by atoms with Crippen LogP contribution >= 0.6 is 0 Å². The van der Waals surface area contributed by atoms with Gasteiger partial charge >= 0.3 is 0 Å². The third-order valence-electron chi connectivity index (χ3n) is 2.09. The summed E-state index contributed by atoms with van der Waals surface area (Å²) >= 11 is 0. The molecular formula is C10H10N2O. The van der Waals surface area contributed by atoms with Crippen LogP contribution < -0.4 is 0 Å². The smallest absolute Gasteiger partial charge is 0.119 e. The van der Waals surface area contributed by atoms with E-state index in [-0.39, 0.29) is 0 Å².